The van der Waals surface area contributed by atoms with Crippen molar-refractivity contribution < 1.29 is 41.4 Å². The SMILES string of the molecule is CCOC(=O)C(c1cc(OC)ccc1OC)C1C=CC(NC(=O)c2ccc(C(F)(F)F)c(F)c2)C1. The van der Waals surface area contributed by atoms with Crippen molar-refractivity contribution in [1.82, 2.24) is 5.32 Å². The maximum absolute atomic E-state index is 13.9. The van der Waals surface area contributed by atoms with Gasteiger partial charge < -0.3 is 19.5 Å². The molecule has 3 rings (SSSR count). The fraction of sp³-hybridized carbons (Fsp3) is 0.360. The zero-order valence-electron chi connectivity index (χ0n) is 19.3. The summed E-state index contributed by atoms with van der Waals surface area (Å²) < 4.78 is 68.2. The molecule has 0 bridgehead atoms. The Bertz CT molecular complexity index is 1120. The van der Waals surface area contributed by atoms with Gasteiger partial charge in [0.05, 0.1) is 32.3 Å². The summed E-state index contributed by atoms with van der Waals surface area (Å²) in [6, 6.07) is 6.52. The lowest BCUT2D eigenvalue weighted by molar-refractivity contribution is -0.146. The van der Waals surface area contributed by atoms with E-state index in [1.807, 2.05) is 0 Å². The number of hydrogen-bond acceptors (Lipinski definition) is 5. The Hall–Kier alpha value is -3.56. The topological polar surface area (TPSA) is 73.9 Å². The smallest absolute Gasteiger partial charge is 0.419 e. The van der Waals surface area contributed by atoms with E-state index in [0.717, 1.165) is 6.07 Å². The van der Waals surface area contributed by atoms with Crippen molar-refractivity contribution >= 4 is 11.9 Å². The molecule has 0 saturated heterocycles. The summed E-state index contributed by atoms with van der Waals surface area (Å²) in [6.07, 6.45) is -1.11. The third kappa shape index (κ3) is 5.93. The van der Waals surface area contributed by atoms with Gasteiger partial charge in [-0.3, -0.25) is 9.59 Å². The minimum absolute atomic E-state index is 0.164. The number of benzene rings is 2. The predicted molar refractivity (Wildman–Crippen MR) is 119 cm³/mol. The fourth-order valence-electron chi connectivity index (χ4n) is 4.07. The van der Waals surface area contributed by atoms with Gasteiger partial charge in [0.1, 0.15) is 17.3 Å². The molecular weight excluding hydrogens is 470 g/mol. The Labute approximate surface area is 199 Å². The third-order valence-electron chi connectivity index (χ3n) is 5.71. The second-order valence-corrected chi connectivity index (χ2v) is 7.89. The average Bonchev–Trinajstić information content (AvgIpc) is 3.26. The molecule has 2 aromatic rings. The molecular formula is C25H25F4NO5. The number of allylic oxidation sites excluding steroid dienone is 1. The summed E-state index contributed by atoms with van der Waals surface area (Å²) >= 11 is 0. The standard InChI is InChI=1S/C25H25F4NO5/c1-4-35-24(32)22(18-13-17(33-2)8-10-21(18)34-3)14-5-7-16(11-14)30-23(31)15-6-9-19(20(26)12-15)25(27,28)29/h5-10,12-14,16,22H,4,11H2,1-3H3,(H,30,31). The molecule has 0 aliphatic heterocycles. The maximum Gasteiger partial charge on any atom is 0.419 e. The van der Waals surface area contributed by atoms with Gasteiger partial charge in [-0.1, -0.05) is 12.2 Å². The molecule has 3 atom stereocenters. The number of carbonyl (C=O) groups is 2. The van der Waals surface area contributed by atoms with Crippen LogP contribution in [0.3, 0.4) is 0 Å². The van der Waals surface area contributed by atoms with Gasteiger partial charge >= 0.3 is 12.1 Å². The van der Waals surface area contributed by atoms with E-state index in [-0.39, 0.29) is 18.1 Å². The quantitative estimate of drug-likeness (QED) is 0.321. The van der Waals surface area contributed by atoms with Crippen LogP contribution in [0, 0.1) is 11.7 Å². The molecule has 0 radical (unpaired) electrons. The van der Waals surface area contributed by atoms with E-state index in [1.54, 1.807) is 37.3 Å². The first kappa shape index (κ1) is 26.1. The number of amides is 1. The molecule has 0 saturated carbocycles. The van der Waals surface area contributed by atoms with Gasteiger partial charge in [-0.2, -0.15) is 13.2 Å². The fourth-order valence-corrected chi connectivity index (χ4v) is 4.07. The van der Waals surface area contributed by atoms with Crippen LogP contribution >= 0.6 is 0 Å². The molecule has 1 N–H and O–H groups in total. The molecule has 1 amide bonds. The zero-order valence-corrected chi connectivity index (χ0v) is 19.3. The van der Waals surface area contributed by atoms with Gasteiger partial charge in [0.15, 0.2) is 0 Å². The normalized spacial score (nSPS) is 18.1. The number of halogens is 4. The highest BCUT2D eigenvalue weighted by Crippen LogP contribution is 2.40. The minimum Gasteiger partial charge on any atom is -0.497 e. The number of carbonyl (C=O) groups excluding carboxylic acids is 2. The molecule has 0 spiro atoms. The number of hydrogen-bond donors (Lipinski definition) is 1. The number of ether oxygens (including phenoxy) is 3. The van der Waals surface area contributed by atoms with Gasteiger partial charge in [-0.05, 0) is 55.7 Å². The number of nitrogens with one attached hydrogen (secondary N) is 1. The maximum atomic E-state index is 13.9. The van der Waals surface area contributed by atoms with Crippen molar-refractivity contribution in [2.24, 2.45) is 5.92 Å². The van der Waals surface area contributed by atoms with Gasteiger partial charge in [0.25, 0.3) is 5.91 Å². The van der Waals surface area contributed by atoms with Crippen LogP contribution in [0.15, 0.2) is 48.6 Å². The number of methoxy groups -OCH3 is 2. The van der Waals surface area contributed by atoms with Gasteiger partial charge in [-0.15, -0.1) is 0 Å². The van der Waals surface area contributed by atoms with Crippen LogP contribution in [0.2, 0.25) is 0 Å². The minimum atomic E-state index is -4.86. The van der Waals surface area contributed by atoms with Crippen molar-refractivity contribution in [2.45, 2.75) is 31.5 Å². The molecule has 10 heteroatoms. The molecule has 35 heavy (non-hydrogen) atoms. The van der Waals surface area contributed by atoms with Crippen molar-refractivity contribution in [3.8, 4) is 11.5 Å². The summed E-state index contributed by atoms with van der Waals surface area (Å²) in [5.41, 5.74) is -1.14. The van der Waals surface area contributed by atoms with Crippen molar-refractivity contribution in [3.05, 3.63) is 71.1 Å². The highest BCUT2D eigenvalue weighted by Gasteiger charge is 2.37. The van der Waals surface area contributed by atoms with Crippen LogP contribution in [0.25, 0.3) is 0 Å². The molecule has 1 aliphatic rings. The third-order valence-corrected chi connectivity index (χ3v) is 5.71. The molecule has 0 heterocycles. The van der Waals surface area contributed by atoms with Crippen molar-refractivity contribution in [2.75, 3.05) is 20.8 Å². The van der Waals surface area contributed by atoms with Crippen LogP contribution in [-0.2, 0) is 15.7 Å². The van der Waals surface area contributed by atoms with E-state index in [9.17, 15) is 27.2 Å². The van der Waals surface area contributed by atoms with Gasteiger partial charge in [0, 0.05) is 17.2 Å². The summed E-state index contributed by atoms with van der Waals surface area (Å²) in [7, 11) is 2.97. The molecule has 3 unspecified atom stereocenters. The highest BCUT2D eigenvalue weighted by molar-refractivity contribution is 5.94. The van der Waals surface area contributed by atoms with Crippen LogP contribution in [-0.4, -0.2) is 38.7 Å². The lowest BCUT2D eigenvalue weighted by Crippen LogP contribution is -2.34. The van der Waals surface area contributed by atoms with E-state index >= 15 is 0 Å². The number of alkyl halides is 3. The summed E-state index contributed by atoms with van der Waals surface area (Å²) in [5.74, 6) is -2.91. The Morgan fingerprint density at radius 1 is 1.09 bits per heavy atom. The molecule has 0 fully saturated rings. The van der Waals surface area contributed by atoms with Crippen LogP contribution in [0.1, 0.15) is 40.7 Å². The monoisotopic (exact) mass is 495 g/mol. The second-order valence-electron chi connectivity index (χ2n) is 7.89. The first-order valence-corrected chi connectivity index (χ1v) is 10.8. The predicted octanol–water partition coefficient (Wildman–Crippen LogP) is 4.88. The van der Waals surface area contributed by atoms with Gasteiger partial charge in [-0.25, -0.2) is 4.39 Å². The first-order chi connectivity index (χ1) is 16.6. The Balaban J connectivity index is 1.80. The Morgan fingerprint density at radius 3 is 2.43 bits per heavy atom. The van der Waals surface area contributed by atoms with E-state index in [0.29, 0.717) is 35.6 Å². The molecule has 0 aromatic heterocycles. The summed E-state index contributed by atoms with van der Waals surface area (Å²) in [6.45, 7) is 1.85. The van der Waals surface area contributed by atoms with E-state index in [1.165, 1.54) is 14.2 Å². The number of esters is 1. The molecule has 188 valence electrons. The number of rotatable bonds is 8. The zero-order chi connectivity index (χ0) is 25.8. The molecule has 6 nitrogen and oxygen atoms in total. The summed E-state index contributed by atoms with van der Waals surface area (Å²) in [4.78, 5) is 25.5. The Kier molecular flexibility index (Phi) is 8.03. The molecule has 1 aliphatic carbocycles. The van der Waals surface area contributed by atoms with Gasteiger partial charge in [0.2, 0.25) is 0 Å². The van der Waals surface area contributed by atoms with Crippen LogP contribution < -0.4 is 14.8 Å². The van der Waals surface area contributed by atoms with E-state index < -0.39 is 41.4 Å². The van der Waals surface area contributed by atoms with Crippen molar-refractivity contribution in [3.63, 3.8) is 0 Å². The largest absolute Gasteiger partial charge is 0.497 e. The highest BCUT2D eigenvalue weighted by atomic mass is 19.4. The van der Waals surface area contributed by atoms with E-state index in [2.05, 4.69) is 5.32 Å². The average molecular weight is 495 g/mol. The molecule has 2 aromatic carbocycles. The summed E-state index contributed by atoms with van der Waals surface area (Å²) in [5, 5.41) is 2.66. The van der Waals surface area contributed by atoms with Crippen molar-refractivity contribution in [1.29, 1.82) is 0 Å². The van der Waals surface area contributed by atoms with E-state index in [4.69, 9.17) is 14.2 Å². The van der Waals surface area contributed by atoms with Crippen LogP contribution in [0.4, 0.5) is 17.6 Å². The lowest BCUT2D eigenvalue weighted by Gasteiger charge is -2.24. The second kappa shape index (κ2) is 10.8. The van der Waals surface area contributed by atoms with Crippen LogP contribution in [0.5, 0.6) is 11.5 Å². The Morgan fingerprint density at radius 2 is 1.83 bits per heavy atom. The lowest BCUT2D eigenvalue weighted by atomic mass is 9.84. The first-order valence-electron chi connectivity index (χ1n) is 10.8.